The summed E-state index contributed by atoms with van der Waals surface area (Å²) < 4.78 is 29.9. The number of aryl methyl sites for hydroxylation is 2. The monoisotopic (exact) mass is 459 g/mol. The molecule has 1 aromatic carbocycles. The molecule has 32 heavy (non-hydrogen) atoms. The molecule has 2 aliphatic rings. The largest absolute Gasteiger partial charge is 0.333 e. The van der Waals surface area contributed by atoms with Crippen LogP contribution in [0.1, 0.15) is 73.6 Å². The molecule has 2 amide bonds. The summed E-state index contributed by atoms with van der Waals surface area (Å²) in [5.41, 5.74) is 6.47. The second-order valence-electron chi connectivity index (χ2n) is 9.38. The van der Waals surface area contributed by atoms with Crippen molar-refractivity contribution in [2.45, 2.75) is 76.4 Å². The first-order valence-electron chi connectivity index (χ1n) is 11.3. The number of hydrogen-bond acceptors (Lipinski definition) is 5. The number of hydrogen-bond donors (Lipinski definition) is 2. The lowest BCUT2D eigenvalue weighted by atomic mass is 9.99. The smallest absolute Gasteiger partial charge is 0.307 e. The van der Waals surface area contributed by atoms with E-state index in [1.807, 2.05) is 39.8 Å². The molecule has 1 aromatic heterocycles. The molecule has 1 heterocycles. The van der Waals surface area contributed by atoms with E-state index < -0.39 is 16.1 Å². The zero-order valence-electron chi connectivity index (χ0n) is 19.5. The van der Waals surface area contributed by atoms with E-state index in [1.165, 1.54) is 11.1 Å². The van der Waals surface area contributed by atoms with Crippen molar-refractivity contribution >= 4 is 21.7 Å². The molecule has 9 heteroatoms. The Balaban J connectivity index is 1.59. The average Bonchev–Trinajstić information content (AvgIpc) is 3.45. The topological polar surface area (TPSA) is 96.3 Å². The molecule has 0 spiro atoms. The normalized spacial score (nSPS) is 16.3. The summed E-state index contributed by atoms with van der Waals surface area (Å²) in [5, 5.41) is 7.06. The molecule has 0 saturated heterocycles. The van der Waals surface area contributed by atoms with Gasteiger partial charge in [-0.15, -0.1) is 0 Å². The quantitative estimate of drug-likeness (QED) is 0.688. The molecule has 0 saturated carbocycles. The molecule has 0 aliphatic heterocycles. The first-order chi connectivity index (χ1) is 15.1. The van der Waals surface area contributed by atoms with Crippen LogP contribution in [0.5, 0.6) is 0 Å². The van der Waals surface area contributed by atoms with E-state index in [0.29, 0.717) is 0 Å². The number of fused-ring (bicyclic) bond motifs is 2. The first-order valence-corrected chi connectivity index (χ1v) is 12.8. The lowest BCUT2D eigenvalue weighted by Gasteiger charge is -2.22. The minimum absolute atomic E-state index is 0.0142. The van der Waals surface area contributed by atoms with Gasteiger partial charge >= 0.3 is 6.03 Å². The molecule has 2 aromatic rings. The summed E-state index contributed by atoms with van der Waals surface area (Å²) in [7, 11) is -0.256. The minimum atomic E-state index is -4.11. The van der Waals surface area contributed by atoms with Gasteiger partial charge in [-0.05, 0) is 95.6 Å². The molecule has 8 nitrogen and oxygen atoms in total. The van der Waals surface area contributed by atoms with Crippen molar-refractivity contribution in [3.05, 3.63) is 40.1 Å². The summed E-state index contributed by atoms with van der Waals surface area (Å²) >= 11 is 0. The second kappa shape index (κ2) is 8.51. The third kappa shape index (κ3) is 4.15. The van der Waals surface area contributed by atoms with Gasteiger partial charge in [-0.2, -0.15) is 13.5 Å². The van der Waals surface area contributed by atoms with Gasteiger partial charge in [0.2, 0.25) is 0 Å². The van der Waals surface area contributed by atoms with Crippen LogP contribution >= 0.6 is 0 Å². The number of anilines is 1. The predicted molar refractivity (Wildman–Crippen MR) is 125 cm³/mol. The molecule has 2 aliphatic carbocycles. The number of carbonyl (C=O) groups excluding carboxylic acids is 1. The summed E-state index contributed by atoms with van der Waals surface area (Å²) in [5.74, 6) is 0. The molecule has 2 N–H and O–H groups in total. The highest BCUT2D eigenvalue weighted by Gasteiger charge is 2.29. The van der Waals surface area contributed by atoms with Crippen molar-refractivity contribution in [1.29, 1.82) is 0 Å². The van der Waals surface area contributed by atoms with Crippen LogP contribution in [0.3, 0.4) is 0 Å². The third-order valence-electron chi connectivity index (χ3n) is 6.65. The number of amides is 2. The van der Waals surface area contributed by atoms with E-state index >= 15 is 0 Å². The molecular formula is C23H33N5O3S. The average molecular weight is 460 g/mol. The third-order valence-corrected chi connectivity index (χ3v) is 7.85. The Morgan fingerprint density at radius 3 is 2.16 bits per heavy atom. The lowest BCUT2D eigenvalue weighted by Crippen LogP contribution is -2.35. The van der Waals surface area contributed by atoms with Crippen LogP contribution in [0.15, 0.2) is 17.2 Å². The van der Waals surface area contributed by atoms with Crippen molar-refractivity contribution in [2.24, 2.45) is 0 Å². The predicted octanol–water partition coefficient (Wildman–Crippen LogP) is 3.57. The fraction of sp³-hybridized carbons (Fsp3) is 0.565. The van der Waals surface area contributed by atoms with E-state index in [0.717, 1.165) is 61.0 Å². The van der Waals surface area contributed by atoms with Crippen LogP contribution < -0.4 is 10.0 Å². The Kier molecular flexibility index (Phi) is 6.06. The Labute approximate surface area is 190 Å². The Hall–Kier alpha value is -2.39. The Bertz CT molecular complexity index is 1120. The van der Waals surface area contributed by atoms with E-state index in [2.05, 4.69) is 21.2 Å². The number of sulfonamides is 1. The van der Waals surface area contributed by atoms with E-state index in [4.69, 9.17) is 0 Å². The van der Waals surface area contributed by atoms with Gasteiger partial charge in [0.25, 0.3) is 10.0 Å². The lowest BCUT2D eigenvalue weighted by molar-refractivity contribution is 0.256. The maximum absolute atomic E-state index is 13.0. The summed E-state index contributed by atoms with van der Waals surface area (Å²) in [6.07, 6.45) is 5.97. The number of aromatic nitrogens is 2. The molecule has 4 rings (SSSR count). The highest BCUT2D eigenvalue weighted by atomic mass is 32.2. The Morgan fingerprint density at radius 1 is 1.03 bits per heavy atom. The van der Waals surface area contributed by atoms with Gasteiger partial charge in [0.05, 0.1) is 5.69 Å². The zero-order valence-corrected chi connectivity index (χ0v) is 20.3. The number of urea groups is 1. The molecule has 0 fully saturated rings. The number of rotatable bonds is 6. The SMILES string of the molecule is CC(c1cc(S(=O)(=O)NC(=O)Nc2c3c(cc4c2CCC4)CCC3)nn1C(C)C)N(C)C. The maximum atomic E-state index is 13.0. The van der Waals surface area contributed by atoms with E-state index in [9.17, 15) is 13.2 Å². The molecule has 1 unspecified atom stereocenters. The Morgan fingerprint density at radius 2 is 1.62 bits per heavy atom. The standard InChI is InChI=1S/C23H33N5O3S/c1-14(2)28-20(15(3)27(4)5)13-21(25-28)32(30,31)26-23(29)24-22-18-10-6-8-16(18)12-17-9-7-11-19(17)22/h12-15H,6-11H2,1-5H3,(H2,24,26,29). The molecule has 174 valence electrons. The molecule has 0 radical (unpaired) electrons. The van der Waals surface area contributed by atoms with Crippen LogP contribution in [-0.4, -0.2) is 43.2 Å². The van der Waals surface area contributed by atoms with Crippen LogP contribution in [0, 0.1) is 0 Å². The van der Waals surface area contributed by atoms with Crippen LogP contribution in [0.4, 0.5) is 10.5 Å². The molecule has 0 bridgehead atoms. The van der Waals surface area contributed by atoms with Crippen molar-refractivity contribution < 1.29 is 13.2 Å². The fourth-order valence-electron chi connectivity index (χ4n) is 4.79. The molecule has 1 atom stereocenters. The number of benzene rings is 1. The number of nitrogens with zero attached hydrogens (tertiary/aromatic N) is 3. The van der Waals surface area contributed by atoms with Gasteiger partial charge in [-0.1, -0.05) is 6.07 Å². The first kappa shape index (κ1) is 22.8. The second-order valence-corrected chi connectivity index (χ2v) is 11.0. The van der Waals surface area contributed by atoms with Gasteiger partial charge < -0.3 is 10.2 Å². The number of nitrogens with one attached hydrogen (secondary N) is 2. The van der Waals surface area contributed by atoms with Gasteiger partial charge in [0, 0.05) is 23.8 Å². The van der Waals surface area contributed by atoms with Crippen molar-refractivity contribution in [1.82, 2.24) is 19.4 Å². The maximum Gasteiger partial charge on any atom is 0.333 e. The van der Waals surface area contributed by atoms with Gasteiger partial charge in [-0.25, -0.2) is 9.52 Å². The minimum Gasteiger partial charge on any atom is -0.307 e. The van der Waals surface area contributed by atoms with Crippen molar-refractivity contribution in [3.8, 4) is 0 Å². The van der Waals surface area contributed by atoms with Crippen LogP contribution in [0.2, 0.25) is 0 Å². The van der Waals surface area contributed by atoms with Gasteiger partial charge in [0.15, 0.2) is 5.03 Å². The number of carbonyl (C=O) groups is 1. The van der Waals surface area contributed by atoms with E-state index in [1.54, 1.807) is 10.7 Å². The highest BCUT2D eigenvalue weighted by Crippen LogP contribution is 2.38. The summed E-state index contributed by atoms with van der Waals surface area (Å²) in [6, 6.07) is 3.05. The fourth-order valence-corrected chi connectivity index (χ4v) is 5.66. The van der Waals surface area contributed by atoms with Gasteiger partial charge in [0.1, 0.15) is 0 Å². The highest BCUT2D eigenvalue weighted by molar-refractivity contribution is 7.90. The summed E-state index contributed by atoms with van der Waals surface area (Å²) in [4.78, 5) is 14.8. The van der Waals surface area contributed by atoms with Crippen LogP contribution in [-0.2, 0) is 35.7 Å². The summed E-state index contributed by atoms with van der Waals surface area (Å²) in [6.45, 7) is 5.89. The molecular weight excluding hydrogens is 426 g/mol. The van der Waals surface area contributed by atoms with Crippen molar-refractivity contribution in [3.63, 3.8) is 0 Å². The zero-order chi connectivity index (χ0) is 23.2. The van der Waals surface area contributed by atoms with Crippen LogP contribution in [0.25, 0.3) is 0 Å². The van der Waals surface area contributed by atoms with Crippen molar-refractivity contribution in [2.75, 3.05) is 19.4 Å². The van der Waals surface area contributed by atoms with Gasteiger partial charge in [-0.3, -0.25) is 4.68 Å². The van der Waals surface area contributed by atoms with E-state index in [-0.39, 0.29) is 17.1 Å².